The van der Waals surface area contributed by atoms with E-state index in [4.69, 9.17) is 9.47 Å². The zero-order valence-electron chi connectivity index (χ0n) is 16.3. The number of methoxy groups -OCH3 is 1. The molecule has 156 valence electrons. The Morgan fingerprint density at radius 3 is 2.59 bits per heavy atom. The second-order valence-electron chi connectivity index (χ2n) is 6.02. The van der Waals surface area contributed by atoms with Gasteiger partial charge in [-0.2, -0.15) is 5.10 Å². The third-order valence-electron chi connectivity index (χ3n) is 4.03. The Morgan fingerprint density at radius 2 is 2.00 bits per heavy atom. The number of rotatable bonds is 8. The highest BCUT2D eigenvalue weighted by molar-refractivity contribution is 7.18. The Labute approximate surface area is 170 Å². The molecule has 0 radical (unpaired) electrons. The quantitative estimate of drug-likeness (QED) is 0.618. The topological polar surface area (TPSA) is 137 Å². The van der Waals surface area contributed by atoms with Crippen molar-refractivity contribution in [2.75, 3.05) is 19.0 Å². The Bertz CT molecular complexity index is 947. The van der Waals surface area contributed by atoms with Crippen molar-refractivity contribution in [3.63, 3.8) is 0 Å². The number of carboxylic acids is 1. The Balaban J connectivity index is 2.38. The highest BCUT2D eigenvalue weighted by atomic mass is 32.1. The van der Waals surface area contributed by atoms with Crippen LogP contribution in [-0.2, 0) is 14.3 Å². The van der Waals surface area contributed by atoms with Crippen LogP contribution >= 0.6 is 11.3 Å². The standard InChI is InChI=1S/C18H21N3O7S/c1-5-8-28-17(25)12-9(2)13(18(26)27-4)29-15(12)20-14(22)10(3)21-11(16(23)24)6-7-19-21/h6-7,10H,5,8H2,1-4H3,(H,20,22)(H,23,24). The van der Waals surface area contributed by atoms with Gasteiger partial charge in [-0.05, 0) is 31.9 Å². The lowest BCUT2D eigenvalue weighted by atomic mass is 10.1. The molecule has 0 aliphatic heterocycles. The zero-order chi connectivity index (χ0) is 21.7. The van der Waals surface area contributed by atoms with Gasteiger partial charge in [-0.1, -0.05) is 6.92 Å². The number of esters is 2. The first-order valence-electron chi connectivity index (χ1n) is 8.69. The van der Waals surface area contributed by atoms with Crippen molar-refractivity contribution >= 4 is 40.2 Å². The number of ether oxygens (including phenoxy) is 2. The van der Waals surface area contributed by atoms with E-state index >= 15 is 0 Å². The first-order chi connectivity index (χ1) is 13.7. The van der Waals surface area contributed by atoms with Gasteiger partial charge in [0, 0.05) is 6.20 Å². The lowest BCUT2D eigenvalue weighted by molar-refractivity contribution is -0.119. The number of amides is 1. The smallest absolute Gasteiger partial charge is 0.354 e. The highest BCUT2D eigenvalue weighted by Crippen LogP contribution is 2.34. The Hall–Kier alpha value is -3.21. The number of anilines is 1. The molecule has 2 aromatic rings. The number of carbonyl (C=O) groups is 4. The van der Waals surface area contributed by atoms with Gasteiger partial charge >= 0.3 is 17.9 Å². The van der Waals surface area contributed by atoms with Crippen LogP contribution in [0.25, 0.3) is 0 Å². The van der Waals surface area contributed by atoms with Crippen LogP contribution in [0.5, 0.6) is 0 Å². The number of hydrogen-bond acceptors (Lipinski definition) is 8. The van der Waals surface area contributed by atoms with Crippen molar-refractivity contribution in [1.29, 1.82) is 0 Å². The first kappa shape index (κ1) is 22.1. The molecule has 1 amide bonds. The number of hydrogen-bond donors (Lipinski definition) is 2. The summed E-state index contributed by atoms with van der Waals surface area (Å²) in [7, 11) is 1.21. The van der Waals surface area contributed by atoms with Gasteiger partial charge < -0.3 is 19.9 Å². The minimum absolute atomic E-state index is 0.0586. The van der Waals surface area contributed by atoms with Crippen LogP contribution < -0.4 is 5.32 Å². The molecule has 0 spiro atoms. The third-order valence-corrected chi connectivity index (χ3v) is 5.22. The number of aromatic nitrogens is 2. The van der Waals surface area contributed by atoms with Crippen molar-refractivity contribution in [3.05, 3.63) is 34.0 Å². The average Bonchev–Trinajstić information content (AvgIpc) is 3.30. The number of thiophene rings is 1. The molecule has 1 atom stereocenters. The Kier molecular flexibility index (Phi) is 7.10. The molecular weight excluding hydrogens is 402 g/mol. The summed E-state index contributed by atoms with van der Waals surface area (Å²) in [5.41, 5.74) is 0.229. The molecular formula is C18H21N3O7S. The molecule has 10 nitrogen and oxygen atoms in total. The highest BCUT2D eigenvalue weighted by Gasteiger charge is 2.29. The lowest BCUT2D eigenvalue weighted by Gasteiger charge is -2.14. The molecule has 29 heavy (non-hydrogen) atoms. The van der Waals surface area contributed by atoms with Crippen LogP contribution in [0.3, 0.4) is 0 Å². The SMILES string of the molecule is CCCOC(=O)c1c(NC(=O)C(C)n2nccc2C(=O)O)sc(C(=O)OC)c1C. The molecule has 11 heteroatoms. The second kappa shape index (κ2) is 9.32. The van der Waals surface area contributed by atoms with Crippen LogP contribution in [0.2, 0.25) is 0 Å². The number of nitrogens with zero attached hydrogens (tertiary/aromatic N) is 2. The second-order valence-corrected chi connectivity index (χ2v) is 7.04. The van der Waals surface area contributed by atoms with Crippen LogP contribution in [0.4, 0.5) is 5.00 Å². The van der Waals surface area contributed by atoms with E-state index in [9.17, 15) is 24.3 Å². The summed E-state index contributed by atoms with van der Waals surface area (Å²) in [6.07, 6.45) is 1.88. The van der Waals surface area contributed by atoms with E-state index in [0.717, 1.165) is 16.0 Å². The monoisotopic (exact) mass is 423 g/mol. The molecule has 0 bridgehead atoms. The maximum absolute atomic E-state index is 12.7. The predicted octanol–water partition coefficient (Wildman–Crippen LogP) is 2.50. The molecule has 2 N–H and O–H groups in total. The summed E-state index contributed by atoms with van der Waals surface area (Å²) in [6.45, 7) is 5.04. The maximum atomic E-state index is 12.7. The maximum Gasteiger partial charge on any atom is 0.354 e. The summed E-state index contributed by atoms with van der Waals surface area (Å²) in [5.74, 6) is -3.17. The van der Waals surface area contributed by atoms with Gasteiger partial charge in [0.15, 0.2) is 0 Å². The summed E-state index contributed by atoms with van der Waals surface area (Å²) >= 11 is 0.881. The molecule has 0 saturated carbocycles. The van der Waals surface area contributed by atoms with Crippen LogP contribution in [0.1, 0.15) is 62.4 Å². The van der Waals surface area contributed by atoms with Gasteiger partial charge in [0.05, 0.1) is 19.3 Å². The van der Waals surface area contributed by atoms with Gasteiger partial charge in [-0.15, -0.1) is 11.3 Å². The summed E-state index contributed by atoms with van der Waals surface area (Å²) in [5, 5.41) is 15.8. The van der Waals surface area contributed by atoms with E-state index in [1.165, 1.54) is 26.3 Å². The minimum Gasteiger partial charge on any atom is -0.477 e. The third kappa shape index (κ3) is 4.62. The summed E-state index contributed by atoms with van der Waals surface area (Å²) in [4.78, 5) is 48.6. The van der Waals surface area contributed by atoms with E-state index in [1.54, 1.807) is 6.92 Å². The molecule has 0 fully saturated rings. The van der Waals surface area contributed by atoms with Crippen molar-refractivity contribution in [3.8, 4) is 0 Å². The van der Waals surface area contributed by atoms with Crippen LogP contribution in [0, 0.1) is 6.92 Å². The zero-order valence-corrected chi connectivity index (χ0v) is 17.2. The van der Waals surface area contributed by atoms with Gasteiger partial charge in [0.2, 0.25) is 5.91 Å². The molecule has 2 aromatic heterocycles. The van der Waals surface area contributed by atoms with Crippen LogP contribution in [-0.4, -0.2) is 52.4 Å². The van der Waals surface area contributed by atoms with Gasteiger partial charge in [0.25, 0.3) is 0 Å². The molecule has 2 heterocycles. The van der Waals surface area contributed by atoms with Gasteiger partial charge in [0.1, 0.15) is 21.6 Å². The fourth-order valence-electron chi connectivity index (χ4n) is 2.52. The van der Waals surface area contributed by atoms with Crippen molar-refractivity contribution in [2.24, 2.45) is 0 Å². The largest absolute Gasteiger partial charge is 0.477 e. The van der Waals surface area contributed by atoms with E-state index in [2.05, 4.69) is 10.4 Å². The number of nitrogens with one attached hydrogen (secondary N) is 1. The van der Waals surface area contributed by atoms with Crippen molar-refractivity contribution in [2.45, 2.75) is 33.2 Å². The summed E-state index contributed by atoms with van der Waals surface area (Å²) < 4.78 is 10.9. The molecule has 0 aliphatic rings. The number of aromatic carboxylic acids is 1. The molecule has 1 unspecified atom stereocenters. The van der Waals surface area contributed by atoms with Crippen molar-refractivity contribution in [1.82, 2.24) is 9.78 Å². The van der Waals surface area contributed by atoms with E-state index in [1.807, 2.05) is 6.92 Å². The molecule has 0 saturated heterocycles. The number of carbonyl (C=O) groups excluding carboxylic acids is 3. The van der Waals surface area contributed by atoms with Crippen LogP contribution in [0.15, 0.2) is 12.3 Å². The van der Waals surface area contributed by atoms with Gasteiger partial charge in [-0.3, -0.25) is 4.79 Å². The molecule has 2 rings (SSSR count). The van der Waals surface area contributed by atoms with E-state index < -0.39 is 29.9 Å². The lowest BCUT2D eigenvalue weighted by Crippen LogP contribution is -2.27. The Morgan fingerprint density at radius 1 is 1.31 bits per heavy atom. The van der Waals surface area contributed by atoms with E-state index in [-0.39, 0.29) is 27.7 Å². The number of carboxylic acid groups (broad SMARTS) is 1. The predicted molar refractivity (Wildman–Crippen MR) is 103 cm³/mol. The fraction of sp³-hybridized carbons (Fsp3) is 0.389. The minimum atomic E-state index is -1.23. The van der Waals surface area contributed by atoms with E-state index in [0.29, 0.717) is 12.0 Å². The summed E-state index contributed by atoms with van der Waals surface area (Å²) in [6, 6.07) is 0.282. The fourth-order valence-corrected chi connectivity index (χ4v) is 3.64. The van der Waals surface area contributed by atoms with Crippen molar-refractivity contribution < 1.29 is 33.8 Å². The molecule has 0 aliphatic carbocycles. The average molecular weight is 423 g/mol. The first-order valence-corrected chi connectivity index (χ1v) is 9.51. The molecule has 0 aromatic carbocycles. The normalized spacial score (nSPS) is 11.6. The van der Waals surface area contributed by atoms with Gasteiger partial charge in [-0.25, -0.2) is 19.1 Å².